The summed E-state index contributed by atoms with van der Waals surface area (Å²) in [7, 11) is 0. The number of nitrogens with zero attached hydrogens (tertiary/aromatic N) is 3. The van der Waals surface area contributed by atoms with Crippen molar-refractivity contribution >= 4 is 29.2 Å². The zero-order valence-electron chi connectivity index (χ0n) is 20.1. The van der Waals surface area contributed by atoms with Gasteiger partial charge in [-0.25, -0.2) is 5.01 Å². The molecule has 0 N–H and O–H groups in total. The van der Waals surface area contributed by atoms with E-state index >= 15 is 0 Å². The first-order valence-corrected chi connectivity index (χ1v) is 12.4. The number of aryl methyl sites for hydroxylation is 2. The van der Waals surface area contributed by atoms with E-state index in [-0.39, 0.29) is 30.4 Å². The average Bonchev–Trinajstić information content (AvgIpc) is 3.25. The van der Waals surface area contributed by atoms with Gasteiger partial charge in [0.2, 0.25) is 0 Å². The average molecular weight is 482 g/mol. The number of benzene rings is 2. The van der Waals surface area contributed by atoms with Gasteiger partial charge in [0, 0.05) is 17.0 Å². The molecule has 4 rings (SSSR count). The van der Waals surface area contributed by atoms with Gasteiger partial charge in [-0.1, -0.05) is 53.6 Å². The largest absolute Gasteiger partial charge is 0.466 e. The highest BCUT2D eigenvalue weighted by Gasteiger charge is 2.36. The van der Waals surface area contributed by atoms with Gasteiger partial charge in [0.05, 0.1) is 30.8 Å². The molecule has 1 saturated heterocycles. The Morgan fingerprint density at radius 1 is 1.12 bits per heavy atom. The van der Waals surface area contributed by atoms with Crippen molar-refractivity contribution in [1.82, 2.24) is 9.91 Å². The second-order valence-corrected chi connectivity index (χ2v) is 9.55. The van der Waals surface area contributed by atoms with Crippen LogP contribution in [0, 0.1) is 19.8 Å². The summed E-state index contributed by atoms with van der Waals surface area (Å²) in [6, 6.07) is 13.7. The van der Waals surface area contributed by atoms with Crippen LogP contribution in [0.1, 0.15) is 54.5 Å². The molecule has 7 heteroatoms. The molecule has 0 radical (unpaired) electrons. The molecule has 34 heavy (non-hydrogen) atoms. The molecule has 2 aromatic carbocycles. The van der Waals surface area contributed by atoms with Crippen LogP contribution in [0.3, 0.4) is 0 Å². The number of carbonyl (C=O) groups is 2. The second kappa shape index (κ2) is 10.7. The molecule has 1 atom stereocenters. The highest BCUT2D eigenvalue weighted by atomic mass is 35.5. The van der Waals surface area contributed by atoms with E-state index < -0.39 is 0 Å². The summed E-state index contributed by atoms with van der Waals surface area (Å²) in [5, 5.41) is 7.08. The van der Waals surface area contributed by atoms with Crippen LogP contribution < -0.4 is 0 Å². The van der Waals surface area contributed by atoms with E-state index in [0.717, 1.165) is 22.4 Å². The molecule has 1 fully saturated rings. The number of hydrogen-bond acceptors (Lipinski definition) is 5. The summed E-state index contributed by atoms with van der Waals surface area (Å²) in [6.45, 7) is 8.01. The Labute approximate surface area is 206 Å². The van der Waals surface area contributed by atoms with Crippen molar-refractivity contribution in [2.24, 2.45) is 11.0 Å². The zero-order valence-corrected chi connectivity index (χ0v) is 20.8. The molecule has 0 aliphatic carbocycles. The topological polar surface area (TPSA) is 62.2 Å². The van der Waals surface area contributed by atoms with Crippen LogP contribution >= 0.6 is 11.6 Å². The molecular formula is C27H32ClN3O3. The number of halogens is 1. The third kappa shape index (κ3) is 5.34. The van der Waals surface area contributed by atoms with Crippen molar-refractivity contribution < 1.29 is 14.3 Å². The Bertz CT molecular complexity index is 1090. The predicted molar refractivity (Wildman–Crippen MR) is 134 cm³/mol. The third-order valence-corrected chi connectivity index (χ3v) is 7.03. The van der Waals surface area contributed by atoms with E-state index in [4.69, 9.17) is 21.4 Å². The van der Waals surface area contributed by atoms with Crippen molar-refractivity contribution in [3.63, 3.8) is 0 Å². The number of carbonyl (C=O) groups excluding carboxylic acids is 2. The molecule has 2 heterocycles. The standard InChI is InChI=1S/C27H32ClN3O3/c1-4-34-27(33)20-11-13-30(14-12-20)17-26(32)31-25(22-7-5-6-8-23(22)28)16-24(29-31)21-10-9-18(2)15-19(21)3/h5-10,15,20,25H,4,11-14,16-17H2,1-3H3. The summed E-state index contributed by atoms with van der Waals surface area (Å²) in [5.74, 6) is -0.267. The minimum atomic E-state index is -0.242. The highest BCUT2D eigenvalue weighted by Crippen LogP contribution is 2.37. The molecule has 1 unspecified atom stereocenters. The van der Waals surface area contributed by atoms with Crippen LogP contribution in [-0.4, -0.2) is 53.7 Å². The third-order valence-electron chi connectivity index (χ3n) is 6.69. The van der Waals surface area contributed by atoms with Crippen LogP contribution in [0.25, 0.3) is 0 Å². The Morgan fingerprint density at radius 3 is 2.53 bits per heavy atom. The van der Waals surface area contributed by atoms with Gasteiger partial charge in [-0.3, -0.25) is 14.5 Å². The molecule has 1 amide bonds. The first-order valence-electron chi connectivity index (χ1n) is 12.0. The van der Waals surface area contributed by atoms with Crippen molar-refractivity contribution in [1.29, 1.82) is 0 Å². The summed E-state index contributed by atoms with van der Waals surface area (Å²) < 4.78 is 5.16. The van der Waals surface area contributed by atoms with E-state index in [1.165, 1.54) is 5.56 Å². The first-order chi connectivity index (χ1) is 16.4. The summed E-state index contributed by atoms with van der Waals surface area (Å²) in [5.41, 5.74) is 5.21. The maximum absolute atomic E-state index is 13.5. The summed E-state index contributed by atoms with van der Waals surface area (Å²) in [6.07, 6.45) is 2.03. The van der Waals surface area contributed by atoms with Crippen LogP contribution in [0.5, 0.6) is 0 Å². The van der Waals surface area contributed by atoms with E-state index in [1.54, 1.807) is 5.01 Å². The number of ether oxygens (including phenoxy) is 1. The molecule has 2 aliphatic rings. The molecule has 0 spiro atoms. The summed E-state index contributed by atoms with van der Waals surface area (Å²) in [4.78, 5) is 27.6. The number of likely N-dealkylation sites (tertiary alicyclic amines) is 1. The second-order valence-electron chi connectivity index (χ2n) is 9.15. The smallest absolute Gasteiger partial charge is 0.309 e. The SMILES string of the molecule is CCOC(=O)C1CCN(CC(=O)N2N=C(c3ccc(C)cc3C)CC2c2ccccc2Cl)CC1. The number of hydrogen-bond donors (Lipinski definition) is 0. The van der Waals surface area contributed by atoms with Crippen LogP contribution in [-0.2, 0) is 14.3 Å². The number of esters is 1. The number of hydrazone groups is 1. The molecule has 2 aromatic rings. The lowest BCUT2D eigenvalue weighted by Crippen LogP contribution is -2.43. The van der Waals surface area contributed by atoms with E-state index in [0.29, 0.717) is 44.0 Å². The van der Waals surface area contributed by atoms with Gasteiger partial charge in [-0.05, 0) is 63.9 Å². The molecule has 180 valence electrons. The summed E-state index contributed by atoms with van der Waals surface area (Å²) >= 11 is 6.54. The van der Waals surface area contributed by atoms with Crippen LogP contribution in [0.2, 0.25) is 5.02 Å². The van der Waals surface area contributed by atoms with Gasteiger partial charge in [-0.15, -0.1) is 0 Å². The van der Waals surface area contributed by atoms with Gasteiger partial charge in [-0.2, -0.15) is 5.10 Å². The van der Waals surface area contributed by atoms with E-state index in [2.05, 4.69) is 36.9 Å². The fraction of sp³-hybridized carbons (Fsp3) is 0.444. The first kappa shape index (κ1) is 24.4. The number of rotatable bonds is 6. The molecule has 0 aromatic heterocycles. The Kier molecular flexibility index (Phi) is 7.69. The van der Waals surface area contributed by atoms with Gasteiger partial charge < -0.3 is 4.74 Å². The lowest BCUT2D eigenvalue weighted by Gasteiger charge is -2.32. The van der Waals surface area contributed by atoms with Gasteiger partial charge >= 0.3 is 5.97 Å². The molecular weight excluding hydrogens is 450 g/mol. The van der Waals surface area contributed by atoms with Gasteiger partial charge in [0.1, 0.15) is 0 Å². The molecule has 0 saturated carbocycles. The monoisotopic (exact) mass is 481 g/mol. The van der Waals surface area contributed by atoms with Crippen LogP contribution in [0.4, 0.5) is 0 Å². The van der Waals surface area contributed by atoms with E-state index in [9.17, 15) is 9.59 Å². The number of piperidine rings is 1. The van der Waals surface area contributed by atoms with Crippen molar-refractivity contribution in [2.45, 2.75) is 46.1 Å². The van der Waals surface area contributed by atoms with Crippen molar-refractivity contribution in [2.75, 3.05) is 26.2 Å². The maximum atomic E-state index is 13.5. The minimum Gasteiger partial charge on any atom is -0.466 e. The Hall–Kier alpha value is -2.70. The molecule has 0 bridgehead atoms. The normalized spacial score (nSPS) is 19.2. The fourth-order valence-corrected chi connectivity index (χ4v) is 5.14. The molecule has 6 nitrogen and oxygen atoms in total. The lowest BCUT2D eigenvalue weighted by atomic mass is 9.95. The number of amides is 1. The maximum Gasteiger partial charge on any atom is 0.309 e. The van der Waals surface area contributed by atoms with Crippen LogP contribution in [0.15, 0.2) is 47.6 Å². The quantitative estimate of drug-likeness (QED) is 0.550. The Balaban J connectivity index is 1.53. The lowest BCUT2D eigenvalue weighted by molar-refractivity contribution is -0.149. The zero-order chi connectivity index (χ0) is 24.2. The highest BCUT2D eigenvalue weighted by molar-refractivity contribution is 6.31. The van der Waals surface area contributed by atoms with Crippen molar-refractivity contribution in [3.8, 4) is 0 Å². The van der Waals surface area contributed by atoms with Gasteiger partial charge in [0.25, 0.3) is 5.91 Å². The molecule has 2 aliphatic heterocycles. The van der Waals surface area contributed by atoms with Crippen molar-refractivity contribution in [3.05, 3.63) is 69.7 Å². The minimum absolute atomic E-state index is 0.0562. The van der Waals surface area contributed by atoms with E-state index in [1.807, 2.05) is 31.2 Å². The van der Waals surface area contributed by atoms with Gasteiger partial charge in [0.15, 0.2) is 0 Å². The predicted octanol–water partition coefficient (Wildman–Crippen LogP) is 4.91. The Morgan fingerprint density at radius 2 is 1.85 bits per heavy atom. The fourth-order valence-electron chi connectivity index (χ4n) is 4.88.